The van der Waals surface area contributed by atoms with E-state index in [2.05, 4.69) is 15.7 Å². The van der Waals surface area contributed by atoms with Crippen molar-refractivity contribution < 1.29 is 14.3 Å². The molecular formula is C17H21FN4O2. The number of rotatable bonds is 3. The Morgan fingerprint density at radius 3 is 2.75 bits per heavy atom. The normalized spacial score (nSPS) is 20.6. The summed E-state index contributed by atoms with van der Waals surface area (Å²) in [6, 6.07) is 7.60. The molecule has 0 bridgehead atoms. The van der Waals surface area contributed by atoms with Crippen LogP contribution >= 0.6 is 0 Å². The maximum atomic E-state index is 13.4. The van der Waals surface area contributed by atoms with Crippen molar-refractivity contribution in [2.24, 2.45) is 0 Å². The predicted octanol–water partition coefficient (Wildman–Crippen LogP) is 2.74. The van der Waals surface area contributed by atoms with Crippen LogP contribution < -0.4 is 10.6 Å². The van der Waals surface area contributed by atoms with Gasteiger partial charge in [-0.25, -0.2) is 13.9 Å². The molecule has 1 aliphatic carbocycles. The van der Waals surface area contributed by atoms with Crippen molar-refractivity contribution in [2.45, 2.75) is 44.8 Å². The summed E-state index contributed by atoms with van der Waals surface area (Å²) in [5, 5.41) is 19.4. The standard InChI is InChI=1S/C17H21FN4O2/c1-11-9-16(21-22(11)14-4-2-3-12(18)10-14)20-17(24)19-13-5-7-15(23)8-6-13/h2-4,9-10,13,15,23H,5-8H2,1H3,(H2,19,20,21,24). The number of aryl methyl sites for hydroxylation is 1. The molecule has 0 spiro atoms. The van der Waals surface area contributed by atoms with Gasteiger partial charge in [-0.3, -0.25) is 5.32 Å². The van der Waals surface area contributed by atoms with Gasteiger partial charge in [0.1, 0.15) is 5.82 Å². The summed E-state index contributed by atoms with van der Waals surface area (Å²) in [5.74, 6) is 0.0687. The zero-order chi connectivity index (χ0) is 17.1. The van der Waals surface area contributed by atoms with Gasteiger partial charge in [-0.1, -0.05) is 6.07 Å². The van der Waals surface area contributed by atoms with Crippen molar-refractivity contribution in [1.82, 2.24) is 15.1 Å². The number of hydrogen-bond donors (Lipinski definition) is 3. The van der Waals surface area contributed by atoms with Gasteiger partial charge in [0.05, 0.1) is 11.8 Å². The van der Waals surface area contributed by atoms with Gasteiger partial charge in [0, 0.05) is 17.8 Å². The molecule has 7 heteroatoms. The molecule has 0 aliphatic heterocycles. The average Bonchev–Trinajstić information content (AvgIpc) is 2.90. The van der Waals surface area contributed by atoms with E-state index in [0.29, 0.717) is 24.3 Å². The molecule has 0 atom stereocenters. The van der Waals surface area contributed by atoms with Crippen molar-refractivity contribution in [3.05, 3.63) is 41.8 Å². The second kappa shape index (κ2) is 7.00. The number of hydrogen-bond acceptors (Lipinski definition) is 3. The first-order chi connectivity index (χ1) is 11.5. The molecule has 0 unspecified atom stereocenters. The number of carbonyl (C=O) groups excluding carboxylic acids is 1. The lowest BCUT2D eigenvalue weighted by Crippen LogP contribution is -2.40. The quantitative estimate of drug-likeness (QED) is 0.808. The summed E-state index contributed by atoms with van der Waals surface area (Å²) < 4.78 is 14.9. The molecule has 1 heterocycles. The van der Waals surface area contributed by atoms with E-state index in [9.17, 15) is 14.3 Å². The number of anilines is 1. The first-order valence-electron chi connectivity index (χ1n) is 8.09. The van der Waals surface area contributed by atoms with Crippen molar-refractivity contribution in [3.63, 3.8) is 0 Å². The number of urea groups is 1. The largest absolute Gasteiger partial charge is 0.393 e. The summed E-state index contributed by atoms with van der Waals surface area (Å²) >= 11 is 0. The van der Waals surface area contributed by atoms with Crippen LogP contribution in [-0.4, -0.2) is 33.1 Å². The van der Waals surface area contributed by atoms with Crippen LogP contribution in [0.5, 0.6) is 0 Å². The summed E-state index contributed by atoms with van der Waals surface area (Å²) in [7, 11) is 0. The molecule has 24 heavy (non-hydrogen) atoms. The molecule has 128 valence electrons. The summed E-state index contributed by atoms with van der Waals surface area (Å²) in [6.45, 7) is 1.84. The topological polar surface area (TPSA) is 79.2 Å². The first kappa shape index (κ1) is 16.4. The van der Waals surface area contributed by atoms with Crippen molar-refractivity contribution in [2.75, 3.05) is 5.32 Å². The Hall–Kier alpha value is -2.41. The van der Waals surface area contributed by atoms with Crippen LogP contribution in [0, 0.1) is 12.7 Å². The molecule has 1 aromatic heterocycles. The lowest BCUT2D eigenvalue weighted by atomic mass is 9.93. The van der Waals surface area contributed by atoms with Crippen LogP contribution in [0.3, 0.4) is 0 Å². The van der Waals surface area contributed by atoms with Crippen molar-refractivity contribution in [3.8, 4) is 5.69 Å². The second-order valence-electron chi connectivity index (χ2n) is 6.17. The van der Waals surface area contributed by atoms with Crippen LogP contribution in [0.25, 0.3) is 5.69 Å². The molecule has 3 rings (SSSR count). The molecule has 6 nitrogen and oxygen atoms in total. The van der Waals surface area contributed by atoms with E-state index in [1.807, 2.05) is 6.92 Å². The smallest absolute Gasteiger partial charge is 0.320 e. The van der Waals surface area contributed by atoms with E-state index in [-0.39, 0.29) is 24.0 Å². The fourth-order valence-corrected chi connectivity index (χ4v) is 2.96. The fraction of sp³-hybridized carbons (Fsp3) is 0.412. The van der Waals surface area contributed by atoms with Crippen LogP contribution in [-0.2, 0) is 0 Å². The number of benzene rings is 1. The van der Waals surface area contributed by atoms with Gasteiger partial charge in [0.15, 0.2) is 5.82 Å². The monoisotopic (exact) mass is 332 g/mol. The minimum absolute atomic E-state index is 0.0693. The average molecular weight is 332 g/mol. The molecule has 0 radical (unpaired) electrons. The Bertz CT molecular complexity index is 723. The Kier molecular flexibility index (Phi) is 4.80. The Morgan fingerprint density at radius 1 is 1.29 bits per heavy atom. The minimum atomic E-state index is -0.339. The van der Waals surface area contributed by atoms with Crippen LogP contribution in [0.2, 0.25) is 0 Å². The molecule has 2 amide bonds. The van der Waals surface area contributed by atoms with Crippen molar-refractivity contribution >= 4 is 11.8 Å². The van der Waals surface area contributed by atoms with E-state index in [1.165, 1.54) is 12.1 Å². The molecule has 1 aromatic carbocycles. The Labute approximate surface area is 139 Å². The highest BCUT2D eigenvalue weighted by molar-refractivity contribution is 5.88. The maximum absolute atomic E-state index is 13.4. The van der Waals surface area contributed by atoms with Gasteiger partial charge in [0.25, 0.3) is 0 Å². The van der Waals surface area contributed by atoms with Gasteiger partial charge in [-0.05, 0) is 50.8 Å². The molecule has 1 fully saturated rings. The summed E-state index contributed by atoms with van der Waals surface area (Å²) in [5.41, 5.74) is 1.39. The van der Waals surface area contributed by atoms with Gasteiger partial charge in [-0.2, -0.15) is 0 Å². The molecule has 3 N–H and O–H groups in total. The Morgan fingerprint density at radius 2 is 2.04 bits per heavy atom. The number of nitrogens with one attached hydrogen (secondary N) is 2. The lowest BCUT2D eigenvalue weighted by Gasteiger charge is -2.25. The van der Waals surface area contributed by atoms with E-state index >= 15 is 0 Å². The summed E-state index contributed by atoms with van der Waals surface area (Å²) in [4.78, 5) is 12.1. The number of aliphatic hydroxyl groups is 1. The van der Waals surface area contributed by atoms with E-state index in [1.54, 1.807) is 22.9 Å². The molecule has 2 aromatic rings. The third-order valence-electron chi connectivity index (χ3n) is 4.21. The highest BCUT2D eigenvalue weighted by Gasteiger charge is 2.21. The SMILES string of the molecule is Cc1cc(NC(=O)NC2CCC(O)CC2)nn1-c1cccc(F)c1. The molecule has 1 saturated carbocycles. The second-order valence-corrected chi connectivity index (χ2v) is 6.17. The number of amides is 2. The predicted molar refractivity (Wildman–Crippen MR) is 88.7 cm³/mol. The van der Waals surface area contributed by atoms with E-state index in [0.717, 1.165) is 18.5 Å². The van der Waals surface area contributed by atoms with Crippen LogP contribution in [0.15, 0.2) is 30.3 Å². The third-order valence-corrected chi connectivity index (χ3v) is 4.21. The maximum Gasteiger partial charge on any atom is 0.320 e. The number of aliphatic hydroxyl groups excluding tert-OH is 1. The minimum Gasteiger partial charge on any atom is -0.393 e. The molecular weight excluding hydrogens is 311 g/mol. The molecule has 0 saturated heterocycles. The zero-order valence-electron chi connectivity index (χ0n) is 13.5. The first-order valence-corrected chi connectivity index (χ1v) is 8.09. The Balaban J connectivity index is 1.63. The van der Waals surface area contributed by atoms with Gasteiger partial charge >= 0.3 is 6.03 Å². The lowest BCUT2D eigenvalue weighted by molar-refractivity contribution is 0.118. The number of carbonyl (C=O) groups is 1. The molecule has 1 aliphatic rings. The van der Waals surface area contributed by atoms with E-state index in [4.69, 9.17) is 0 Å². The van der Waals surface area contributed by atoms with Gasteiger partial charge < -0.3 is 10.4 Å². The number of nitrogens with zero attached hydrogens (tertiary/aromatic N) is 2. The van der Waals surface area contributed by atoms with E-state index < -0.39 is 0 Å². The van der Waals surface area contributed by atoms with Crippen LogP contribution in [0.1, 0.15) is 31.4 Å². The number of aromatic nitrogens is 2. The van der Waals surface area contributed by atoms with Crippen LogP contribution in [0.4, 0.5) is 15.0 Å². The van der Waals surface area contributed by atoms with Gasteiger partial charge in [-0.15, -0.1) is 5.10 Å². The fourth-order valence-electron chi connectivity index (χ4n) is 2.96. The number of halogens is 1. The highest BCUT2D eigenvalue weighted by atomic mass is 19.1. The highest BCUT2D eigenvalue weighted by Crippen LogP contribution is 2.19. The third kappa shape index (κ3) is 3.91. The summed E-state index contributed by atoms with van der Waals surface area (Å²) in [6.07, 6.45) is 2.70. The van der Waals surface area contributed by atoms with Crippen molar-refractivity contribution in [1.29, 1.82) is 0 Å². The zero-order valence-corrected chi connectivity index (χ0v) is 13.5. The van der Waals surface area contributed by atoms with Gasteiger partial charge in [0.2, 0.25) is 0 Å².